The van der Waals surface area contributed by atoms with E-state index < -0.39 is 0 Å². The second kappa shape index (κ2) is 8.59. The Balaban J connectivity index is 3.39. The molecule has 0 amide bonds. The Kier molecular flexibility index (Phi) is 8.22. The maximum Gasteiger partial charge on any atom is 0.222 e. The highest BCUT2D eigenvalue weighted by Crippen LogP contribution is 1.86. The molecule has 0 rings (SSSR count). The van der Waals surface area contributed by atoms with Crippen LogP contribution < -0.4 is 0 Å². The molecule has 0 fully saturated rings. The molecule has 0 atom stereocenters. The highest BCUT2D eigenvalue weighted by molar-refractivity contribution is 9.09. The van der Waals surface area contributed by atoms with Crippen molar-refractivity contribution in [2.24, 2.45) is 5.16 Å². The van der Waals surface area contributed by atoms with Gasteiger partial charge in [-0.2, -0.15) is 0 Å². The van der Waals surface area contributed by atoms with E-state index in [-0.39, 0.29) is 0 Å². The summed E-state index contributed by atoms with van der Waals surface area (Å²) in [5, 5.41) is 4.55. The van der Waals surface area contributed by atoms with Gasteiger partial charge in [0.05, 0.1) is 6.61 Å². The largest absolute Gasteiger partial charge is 0.479 e. The average Bonchev–Trinajstić information content (AvgIpc) is 2.05. The third kappa shape index (κ3) is 7.60. The smallest absolute Gasteiger partial charge is 0.222 e. The van der Waals surface area contributed by atoms with Crippen LogP contribution in [0.4, 0.5) is 0 Å². The normalized spacial score (nSPS) is 12.1. The van der Waals surface area contributed by atoms with Crippen LogP contribution in [0.5, 0.6) is 0 Å². The number of hydrogen-bond acceptors (Lipinski definition) is 3. The Morgan fingerprint density at radius 2 is 2.25 bits per heavy atom. The Morgan fingerprint density at radius 3 is 2.83 bits per heavy atom. The van der Waals surface area contributed by atoms with E-state index in [2.05, 4.69) is 21.1 Å². The van der Waals surface area contributed by atoms with Gasteiger partial charge in [0.1, 0.15) is 6.61 Å². The fourth-order valence-electron chi connectivity index (χ4n) is 0.537. The molecule has 0 aromatic carbocycles. The molecule has 0 aliphatic rings. The number of ether oxygens (including phenoxy) is 1. The Labute approximate surface area is 81.5 Å². The number of alkyl halides is 1. The van der Waals surface area contributed by atoms with Gasteiger partial charge in [-0.1, -0.05) is 27.2 Å². The molecule has 4 heteroatoms. The van der Waals surface area contributed by atoms with Gasteiger partial charge >= 0.3 is 0 Å². The van der Waals surface area contributed by atoms with E-state index in [9.17, 15) is 0 Å². The van der Waals surface area contributed by atoms with E-state index in [4.69, 9.17) is 9.57 Å². The number of nitrogens with zero attached hydrogens (tertiary/aromatic N) is 1. The summed E-state index contributed by atoms with van der Waals surface area (Å²) in [5.41, 5.74) is 0. The van der Waals surface area contributed by atoms with E-state index in [1.54, 1.807) is 6.92 Å². The van der Waals surface area contributed by atoms with Gasteiger partial charge in [0, 0.05) is 12.3 Å². The lowest BCUT2D eigenvalue weighted by molar-refractivity contribution is 0.159. The first kappa shape index (κ1) is 11.5. The SMILES string of the molecule is CCOC(C)=NOCC=CCBr. The fourth-order valence-corrected chi connectivity index (χ4v) is 0.802. The Bertz CT molecular complexity index is 157. The summed E-state index contributed by atoms with van der Waals surface area (Å²) in [6.07, 6.45) is 3.84. The van der Waals surface area contributed by atoms with E-state index in [0.717, 1.165) is 5.33 Å². The van der Waals surface area contributed by atoms with Crippen molar-refractivity contribution in [2.45, 2.75) is 13.8 Å². The van der Waals surface area contributed by atoms with Gasteiger partial charge in [-0.05, 0) is 13.0 Å². The first-order valence-electron chi connectivity index (χ1n) is 3.81. The van der Waals surface area contributed by atoms with E-state index in [1.807, 2.05) is 19.1 Å². The summed E-state index contributed by atoms with van der Waals surface area (Å²) in [6, 6.07) is 0. The Morgan fingerprint density at radius 1 is 1.50 bits per heavy atom. The van der Waals surface area contributed by atoms with Crippen molar-refractivity contribution < 1.29 is 9.57 Å². The maximum absolute atomic E-state index is 5.04. The number of hydrogen-bond donors (Lipinski definition) is 0. The van der Waals surface area contributed by atoms with Crippen molar-refractivity contribution in [3.63, 3.8) is 0 Å². The van der Waals surface area contributed by atoms with Crippen molar-refractivity contribution in [3.05, 3.63) is 12.2 Å². The molecule has 0 aromatic heterocycles. The van der Waals surface area contributed by atoms with Crippen molar-refractivity contribution in [1.82, 2.24) is 0 Å². The summed E-state index contributed by atoms with van der Waals surface area (Å²) < 4.78 is 5.04. The van der Waals surface area contributed by atoms with Crippen LogP contribution in [0.2, 0.25) is 0 Å². The van der Waals surface area contributed by atoms with Gasteiger partial charge in [-0.25, -0.2) is 0 Å². The van der Waals surface area contributed by atoms with Gasteiger partial charge in [0.2, 0.25) is 5.90 Å². The topological polar surface area (TPSA) is 30.8 Å². The van der Waals surface area contributed by atoms with Crippen molar-refractivity contribution in [3.8, 4) is 0 Å². The molecule has 0 N–H and O–H groups in total. The summed E-state index contributed by atoms with van der Waals surface area (Å²) in [4.78, 5) is 4.91. The first-order valence-corrected chi connectivity index (χ1v) is 4.93. The van der Waals surface area contributed by atoms with Gasteiger partial charge < -0.3 is 9.57 Å². The monoisotopic (exact) mass is 235 g/mol. The van der Waals surface area contributed by atoms with E-state index in [1.165, 1.54) is 0 Å². The number of halogens is 1. The van der Waals surface area contributed by atoms with Crippen LogP contribution in [-0.2, 0) is 9.57 Å². The molecule has 12 heavy (non-hydrogen) atoms. The highest BCUT2D eigenvalue weighted by Gasteiger charge is 1.86. The molecule has 0 bridgehead atoms. The van der Waals surface area contributed by atoms with Gasteiger partial charge in [0.15, 0.2) is 0 Å². The lowest BCUT2D eigenvalue weighted by atomic mass is 10.6. The minimum atomic E-state index is 0.482. The van der Waals surface area contributed by atoms with Crippen LogP contribution in [0.1, 0.15) is 13.8 Å². The third-order valence-electron chi connectivity index (χ3n) is 0.973. The molecule has 0 aliphatic heterocycles. The standard InChI is InChI=1S/C8H14BrNO2/c1-3-11-8(2)10-12-7-5-4-6-9/h4-5H,3,6-7H2,1-2H3. The lowest BCUT2D eigenvalue weighted by Gasteiger charge is -1.99. The summed E-state index contributed by atoms with van der Waals surface area (Å²) in [7, 11) is 0. The zero-order valence-electron chi connectivity index (χ0n) is 7.42. The molecule has 0 aliphatic carbocycles. The van der Waals surface area contributed by atoms with E-state index in [0.29, 0.717) is 19.1 Å². The lowest BCUT2D eigenvalue weighted by Crippen LogP contribution is -1.99. The molecule has 0 aromatic rings. The molecule has 70 valence electrons. The summed E-state index contributed by atoms with van der Waals surface area (Å²) >= 11 is 3.25. The second-order valence-corrected chi connectivity index (χ2v) is 2.61. The minimum absolute atomic E-state index is 0.482. The molecule has 3 nitrogen and oxygen atoms in total. The number of oxime groups is 1. The molecule has 0 spiro atoms. The number of allylic oxidation sites excluding steroid dienone is 1. The first-order chi connectivity index (χ1) is 5.81. The highest BCUT2D eigenvalue weighted by atomic mass is 79.9. The molecular weight excluding hydrogens is 222 g/mol. The predicted molar refractivity (Wildman–Crippen MR) is 53.6 cm³/mol. The Hall–Kier alpha value is -0.510. The van der Waals surface area contributed by atoms with Crippen molar-refractivity contribution >= 4 is 21.8 Å². The second-order valence-electron chi connectivity index (χ2n) is 1.96. The summed E-state index contributed by atoms with van der Waals surface area (Å²) in [5.74, 6) is 0.560. The fraction of sp³-hybridized carbons (Fsp3) is 0.625. The van der Waals surface area contributed by atoms with Crippen LogP contribution in [0.25, 0.3) is 0 Å². The quantitative estimate of drug-likeness (QED) is 0.183. The minimum Gasteiger partial charge on any atom is -0.479 e. The third-order valence-corrected chi connectivity index (χ3v) is 1.35. The average molecular weight is 236 g/mol. The molecule has 0 radical (unpaired) electrons. The van der Waals surface area contributed by atoms with Crippen molar-refractivity contribution in [2.75, 3.05) is 18.5 Å². The van der Waals surface area contributed by atoms with E-state index >= 15 is 0 Å². The van der Waals surface area contributed by atoms with Gasteiger partial charge in [0.25, 0.3) is 0 Å². The zero-order chi connectivity index (χ0) is 9.23. The van der Waals surface area contributed by atoms with Crippen LogP contribution in [-0.4, -0.2) is 24.4 Å². The van der Waals surface area contributed by atoms with Gasteiger partial charge in [-0.15, -0.1) is 0 Å². The number of rotatable bonds is 5. The van der Waals surface area contributed by atoms with Crippen molar-refractivity contribution in [1.29, 1.82) is 0 Å². The molecular formula is C8H14BrNO2. The van der Waals surface area contributed by atoms with Crippen LogP contribution in [0.15, 0.2) is 17.3 Å². The maximum atomic E-state index is 5.04. The zero-order valence-corrected chi connectivity index (χ0v) is 9.00. The van der Waals surface area contributed by atoms with Gasteiger partial charge in [-0.3, -0.25) is 0 Å². The molecule has 0 unspecified atom stereocenters. The van der Waals surface area contributed by atoms with Crippen LogP contribution >= 0.6 is 15.9 Å². The predicted octanol–water partition coefficient (Wildman–Crippen LogP) is 2.32. The molecule has 0 saturated carbocycles. The van der Waals surface area contributed by atoms with Crippen LogP contribution in [0.3, 0.4) is 0 Å². The summed E-state index contributed by atoms with van der Waals surface area (Å²) in [6.45, 7) is 4.77. The molecule has 0 saturated heterocycles. The van der Waals surface area contributed by atoms with Crippen LogP contribution in [0, 0.1) is 0 Å². The molecule has 0 heterocycles.